The first-order chi connectivity index (χ1) is 39.1. The summed E-state index contributed by atoms with van der Waals surface area (Å²) < 4.78 is 0. The molecule has 11 rings (SSSR count). The van der Waals surface area contributed by atoms with Gasteiger partial charge in [-0.15, -0.1) is 0 Å². The Morgan fingerprint density at radius 3 is 0.756 bits per heavy atom. The van der Waals surface area contributed by atoms with Gasteiger partial charge in [-0.3, -0.25) is 4.98 Å². The molecule has 0 aliphatic heterocycles. The van der Waals surface area contributed by atoms with Crippen LogP contribution in [0.1, 0.15) is 105 Å². The lowest BCUT2D eigenvalue weighted by atomic mass is 9.85. The van der Waals surface area contributed by atoms with Gasteiger partial charge in [0.05, 0.1) is 16.8 Å². The van der Waals surface area contributed by atoms with Gasteiger partial charge >= 0.3 is 0 Å². The van der Waals surface area contributed by atoms with E-state index in [4.69, 9.17) is 39.9 Å². The van der Waals surface area contributed by atoms with Crippen molar-refractivity contribution in [3.63, 3.8) is 0 Å². The summed E-state index contributed by atoms with van der Waals surface area (Å²) >= 11 is 0. The summed E-state index contributed by atoms with van der Waals surface area (Å²) in [5.74, 6) is 2.42. The Hall–Kier alpha value is -9.14. The Morgan fingerprint density at radius 1 is 0.207 bits per heavy atom. The summed E-state index contributed by atoms with van der Waals surface area (Å²) in [7, 11) is 0. The quantitative estimate of drug-likeness (QED) is 0.133. The molecule has 0 saturated heterocycles. The predicted octanol–water partition coefficient (Wildman–Crippen LogP) is 18.7. The summed E-state index contributed by atoms with van der Waals surface area (Å²) in [5.41, 5.74) is 19.7. The summed E-state index contributed by atoms with van der Waals surface area (Å²) in [6.45, 7) is 26.9. The molecule has 0 radical (unpaired) electrons. The normalized spacial score (nSPS) is 12.1. The monoisotopic (exact) mass is 1070 g/mol. The van der Waals surface area contributed by atoms with E-state index in [2.05, 4.69) is 217 Å². The fourth-order valence-corrected chi connectivity index (χ4v) is 10.1. The molecule has 8 heteroatoms. The topological polar surface area (TPSA) is 103 Å². The van der Waals surface area contributed by atoms with Crippen LogP contribution in [-0.4, -0.2) is 39.9 Å². The smallest absolute Gasteiger partial charge is 0.167 e. The first-order valence-corrected chi connectivity index (χ1v) is 28.3. The zero-order chi connectivity index (χ0) is 57.6. The third kappa shape index (κ3) is 12.1. The number of rotatable bonds is 10. The van der Waals surface area contributed by atoms with Crippen molar-refractivity contribution < 1.29 is 0 Å². The Kier molecular flexibility index (Phi) is 14.5. The van der Waals surface area contributed by atoms with Gasteiger partial charge in [0.15, 0.2) is 29.1 Å². The summed E-state index contributed by atoms with van der Waals surface area (Å²) in [6.07, 6.45) is 8.98. The third-order valence-electron chi connectivity index (χ3n) is 15.3. The minimum Gasteiger partial charge on any atom is -0.255 e. The van der Waals surface area contributed by atoms with Gasteiger partial charge in [-0.05, 0) is 137 Å². The highest BCUT2D eigenvalue weighted by Crippen LogP contribution is 2.38. The van der Waals surface area contributed by atoms with Crippen LogP contribution in [0, 0.1) is 0 Å². The Morgan fingerprint density at radius 2 is 0.476 bits per heavy atom. The fourth-order valence-electron chi connectivity index (χ4n) is 10.1. The summed E-state index contributed by atoms with van der Waals surface area (Å²) in [4.78, 5) is 40.1. The van der Waals surface area contributed by atoms with Crippen molar-refractivity contribution in [3.8, 4) is 113 Å². The van der Waals surface area contributed by atoms with Gasteiger partial charge in [0.2, 0.25) is 0 Å². The fraction of sp³-hybridized carbons (Fsp3) is 0.216. The van der Waals surface area contributed by atoms with Crippen LogP contribution >= 0.6 is 0 Å². The molecule has 0 spiro atoms. The molecule has 4 heterocycles. The van der Waals surface area contributed by atoms with Crippen molar-refractivity contribution in [2.24, 2.45) is 0 Å². The Bertz CT molecular complexity index is 3660. The van der Waals surface area contributed by atoms with E-state index in [1.807, 2.05) is 42.5 Å². The molecule has 0 N–H and O–H groups in total. The molecule has 0 aliphatic carbocycles. The SMILES string of the molecule is CC(C)(C)c1ccc(-c2cc(-c3ccc(C(C)(C)C)cc3)cc(-c3ncc(-c4nc(-c5ccc(-c6ccccc6)nc5)nc(-c5cnc(-c6cc(-c7ccc(C(C)(C)C)cc7)cc(-c7ccc(C(C)(C)C)cc7)c6)nc5)n4)cn3)c2)cc1. The van der Waals surface area contributed by atoms with E-state index in [0.29, 0.717) is 40.2 Å². The average Bonchev–Trinajstić information content (AvgIpc) is 3.57. The van der Waals surface area contributed by atoms with Crippen LogP contribution in [0.4, 0.5) is 0 Å². The van der Waals surface area contributed by atoms with E-state index in [1.165, 1.54) is 22.3 Å². The highest BCUT2D eigenvalue weighted by atomic mass is 15.0. The lowest BCUT2D eigenvalue weighted by molar-refractivity contribution is 0.590. The van der Waals surface area contributed by atoms with Gasteiger partial charge in [-0.2, -0.15) is 0 Å². The molecular formula is C74H70N8. The first kappa shape index (κ1) is 54.8. The number of hydrogen-bond donors (Lipinski definition) is 0. The molecule has 8 nitrogen and oxygen atoms in total. The number of hydrogen-bond acceptors (Lipinski definition) is 8. The van der Waals surface area contributed by atoms with Gasteiger partial charge in [0.1, 0.15) is 0 Å². The van der Waals surface area contributed by atoms with Crippen molar-refractivity contribution >= 4 is 0 Å². The molecule has 0 amide bonds. The molecule has 0 aliphatic rings. The highest BCUT2D eigenvalue weighted by Gasteiger charge is 2.21. The largest absolute Gasteiger partial charge is 0.255 e. The maximum Gasteiger partial charge on any atom is 0.167 e. The second kappa shape index (κ2) is 21.7. The predicted molar refractivity (Wildman–Crippen MR) is 338 cm³/mol. The molecule has 0 saturated carbocycles. The summed E-state index contributed by atoms with van der Waals surface area (Å²) in [6, 6.07) is 62.8. The maximum atomic E-state index is 5.08. The van der Waals surface area contributed by atoms with E-state index in [9.17, 15) is 0 Å². The second-order valence-corrected chi connectivity index (χ2v) is 25.6. The molecule has 11 aromatic rings. The lowest BCUT2D eigenvalue weighted by Gasteiger charge is -2.20. The zero-order valence-corrected chi connectivity index (χ0v) is 49.2. The number of pyridine rings is 1. The minimum absolute atomic E-state index is 0.0390. The molecule has 0 fully saturated rings. The molecular weight excluding hydrogens is 1000 g/mol. The standard InChI is InChI=1S/C74H70N8/c1-71(2,3)61-27-18-47(19-28-61)53-36-54(48-20-29-62(30-21-48)72(4,5)6)39-57(38-53)66-76-43-59(44-77-66)69-80-68(52-26-35-65(75-42-52)51-16-14-13-15-17-51)81-70(82-69)60-45-78-67(79-46-60)58-40-55(49-22-31-63(32-23-49)73(7,8)9)37-56(41-58)50-24-33-64(34-25-50)74(10,11)12/h13-46H,1-12H3. The van der Waals surface area contributed by atoms with Gasteiger partial charge in [0, 0.05) is 53.2 Å². The maximum absolute atomic E-state index is 5.08. The van der Waals surface area contributed by atoms with Crippen LogP contribution in [-0.2, 0) is 21.7 Å². The molecule has 0 bridgehead atoms. The molecule has 82 heavy (non-hydrogen) atoms. The van der Waals surface area contributed by atoms with E-state index in [-0.39, 0.29) is 21.7 Å². The van der Waals surface area contributed by atoms with Crippen LogP contribution in [0.2, 0.25) is 0 Å². The molecule has 0 atom stereocenters. The van der Waals surface area contributed by atoms with Crippen LogP contribution in [0.25, 0.3) is 113 Å². The summed E-state index contributed by atoms with van der Waals surface area (Å²) in [5, 5.41) is 0. The van der Waals surface area contributed by atoms with Crippen molar-refractivity contribution in [1.29, 1.82) is 0 Å². The van der Waals surface area contributed by atoms with Crippen LogP contribution in [0.15, 0.2) is 207 Å². The lowest BCUT2D eigenvalue weighted by Crippen LogP contribution is -2.10. The van der Waals surface area contributed by atoms with Gasteiger partial charge in [0.25, 0.3) is 0 Å². The van der Waals surface area contributed by atoms with Gasteiger partial charge in [-0.25, -0.2) is 34.9 Å². The number of nitrogens with zero attached hydrogens (tertiary/aromatic N) is 8. The minimum atomic E-state index is 0.0390. The number of benzene rings is 7. The number of aromatic nitrogens is 8. The van der Waals surface area contributed by atoms with Crippen molar-refractivity contribution in [2.45, 2.75) is 105 Å². The van der Waals surface area contributed by atoms with E-state index in [1.54, 1.807) is 31.0 Å². The van der Waals surface area contributed by atoms with Crippen molar-refractivity contribution in [3.05, 3.63) is 229 Å². The van der Waals surface area contributed by atoms with E-state index < -0.39 is 0 Å². The van der Waals surface area contributed by atoms with E-state index >= 15 is 0 Å². The van der Waals surface area contributed by atoms with Crippen LogP contribution in [0.5, 0.6) is 0 Å². The zero-order valence-electron chi connectivity index (χ0n) is 49.2. The first-order valence-electron chi connectivity index (χ1n) is 28.3. The molecule has 0 unspecified atom stereocenters. The van der Waals surface area contributed by atoms with Gasteiger partial charge < -0.3 is 0 Å². The molecule has 4 aromatic heterocycles. The Labute approximate surface area is 484 Å². The molecule has 7 aromatic carbocycles. The van der Waals surface area contributed by atoms with Crippen molar-refractivity contribution in [2.75, 3.05) is 0 Å². The van der Waals surface area contributed by atoms with Crippen LogP contribution < -0.4 is 0 Å². The van der Waals surface area contributed by atoms with E-state index in [0.717, 1.165) is 72.5 Å². The third-order valence-corrected chi connectivity index (χ3v) is 15.3. The molecule has 406 valence electrons. The van der Waals surface area contributed by atoms with Crippen LogP contribution in [0.3, 0.4) is 0 Å². The van der Waals surface area contributed by atoms with Crippen molar-refractivity contribution in [1.82, 2.24) is 39.9 Å². The highest BCUT2D eigenvalue weighted by molar-refractivity contribution is 5.82. The Balaban J connectivity index is 0.975. The second-order valence-electron chi connectivity index (χ2n) is 25.6. The average molecular weight is 1070 g/mol. The van der Waals surface area contributed by atoms with Gasteiger partial charge in [-0.1, -0.05) is 210 Å².